The first-order chi connectivity index (χ1) is 9.25. The summed E-state index contributed by atoms with van der Waals surface area (Å²) in [4.78, 5) is 15.6. The molecule has 0 aliphatic carbocycles. The third-order valence-corrected chi connectivity index (χ3v) is 3.02. The molecule has 3 aromatic rings. The molecule has 1 N–H and O–H groups in total. The number of benzene rings is 2. The second kappa shape index (κ2) is 4.57. The van der Waals surface area contributed by atoms with Crippen molar-refractivity contribution in [1.82, 2.24) is 14.8 Å². The number of hydrogen-bond donors (Lipinski definition) is 1. The van der Waals surface area contributed by atoms with Gasteiger partial charge in [0, 0.05) is 5.56 Å². The molecule has 0 saturated carbocycles. The van der Waals surface area contributed by atoms with Gasteiger partial charge in [0.15, 0.2) is 5.82 Å². The minimum atomic E-state index is -0.345. The number of para-hydroxylation sites is 1. The van der Waals surface area contributed by atoms with Crippen LogP contribution in [0.5, 0.6) is 0 Å². The second-order valence-corrected chi connectivity index (χ2v) is 4.34. The minimum Gasteiger partial charge on any atom is -0.244 e. The Bertz CT molecular complexity index is 756. The zero-order valence-corrected chi connectivity index (χ0v) is 10.5. The molecule has 0 radical (unpaired) electrons. The lowest BCUT2D eigenvalue weighted by atomic mass is 10.2. The predicted octanol–water partition coefficient (Wildman–Crippen LogP) is 2.54. The van der Waals surface area contributed by atoms with E-state index in [2.05, 4.69) is 10.1 Å². The van der Waals surface area contributed by atoms with Gasteiger partial charge in [-0.15, -0.1) is 0 Å². The molecule has 0 spiro atoms. The lowest BCUT2D eigenvalue weighted by Crippen LogP contribution is -2.06. The maximum Gasteiger partial charge on any atom is 0.362 e. The number of aromatic amines is 1. The predicted molar refractivity (Wildman–Crippen MR) is 74.4 cm³/mol. The van der Waals surface area contributed by atoms with Gasteiger partial charge in [0.1, 0.15) is 0 Å². The molecule has 1 aromatic heterocycles. The van der Waals surface area contributed by atoms with Crippen LogP contribution in [0.2, 0.25) is 0 Å². The Morgan fingerprint density at radius 3 is 2.42 bits per heavy atom. The summed E-state index contributed by atoms with van der Waals surface area (Å²) in [6.45, 7) is 2.00. The molecule has 0 unspecified atom stereocenters. The highest BCUT2D eigenvalue weighted by molar-refractivity contribution is 5.58. The van der Waals surface area contributed by atoms with Crippen molar-refractivity contribution in [3.8, 4) is 17.1 Å². The molecule has 4 heteroatoms. The summed E-state index contributed by atoms with van der Waals surface area (Å²) in [5, 5.41) is 2.75. The fourth-order valence-corrected chi connectivity index (χ4v) is 2.09. The smallest absolute Gasteiger partial charge is 0.244 e. The molecule has 4 nitrogen and oxygen atoms in total. The molecule has 1 heterocycles. The fraction of sp³-hybridized carbons (Fsp3) is 0.0667. The highest BCUT2D eigenvalue weighted by Gasteiger charge is 2.11. The van der Waals surface area contributed by atoms with Crippen LogP contribution in [0, 0.1) is 6.92 Å². The molecule has 19 heavy (non-hydrogen) atoms. The normalized spacial score (nSPS) is 10.6. The van der Waals surface area contributed by atoms with Gasteiger partial charge in [0.05, 0.1) is 5.69 Å². The third-order valence-electron chi connectivity index (χ3n) is 3.02. The molecular formula is C15H13N3O. The molecular weight excluding hydrogens is 238 g/mol. The molecule has 0 bridgehead atoms. The number of H-pyrrole nitrogens is 1. The quantitative estimate of drug-likeness (QED) is 0.761. The van der Waals surface area contributed by atoms with E-state index < -0.39 is 0 Å². The number of hydrogen-bond acceptors (Lipinski definition) is 2. The van der Waals surface area contributed by atoms with Gasteiger partial charge in [-0.05, 0) is 18.6 Å². The van der Waals surface area contributed by atoms with Crippen molar-refractivity contribution in [3.63, 3.8) is 0 Å². The molecule has 0 amide bonds. The van der Waals surface area contributed by atoms with Gasteiger partial charge in [-0.2, -0.15) is 4.98 Å². The van der Waals surface area contributed by atoms with Crippen LogP contribution in [-0.4, -0.2) is 14.8 Å². The van der Waals surface area contributed by atoms with Gasteiger partial charge in [-0.3, -0.25) is 0 Å². The highest BCUT2D eigenvalue weighted by Crippen LogP contribution is 2.20. The van der Waals surface area contributed by atoms with Crippen LogP contribution in [0.25, 0.3) is 17.1 Å². The van der Waals surface area contributed by atoms with Gasteiger partial charge in [0.25, 0.3) is 0 Å². The summed E-state index contributed by atoms with van der Waals surface area (Å²) in [6.07, 6.45) is 0. The Morgan fingerprint density at radius 2 is 1.68 bits per heavy atom. The van der Waals surface area contributed by atoms with Gasteiger partial charge in [0.2, 0.25) is 0 Å². The average Bonchev–Trinajstić information content (AvgIpc) is 2.82. The van der Waals surface area contributed by atoms with E-state index in [-0.39, 0.29) is 5.69 Å². The largest absolute Gasteiger partial charge is 0.362 e. The van der Waals surface area contributed by atoms with Crippen LogP contribution in [-0.2, 0) is 0 Å². The number of aryl methyl sites for hydroxylation is 1. The summed E-state index contributed by atoms with van der Waals surface area (Å²) in [7, 11) is 0. The number of nitrogens with zero attached hydrogens (tertiary/aromatic N) is 2. The molecule has 0 aliphatic rings. The Kier molecular flexibility index (Phi) is 2.76. The topological polar surface area (TPSA) is 50.7 Å². The van der Waals surface area contributed by atoms with E-state index in [1.54, 1.807) is 4.68 Å². The zero-order valence-electron chi connectivity index (χ0n) is 10.5. The third kappa shape index (κ3) is 2.08. The molecule has 3 rings (SSSR count). The van der Waals surface area contributed by atoms with Crippen LogP contribution >= 0.6 is 0 Å². The maximum atomic E-state index is 11.6. The van der Waals surface area contributed by atoms with E-state index in [4.69, 9.17) is 0 Å². The fourth-order valence-electron chi connectivity index (χ4n) is 2.09. The summed E-state index contributed by atoms with van der Waals surface area (Å²) < 4.78 is 1.73. The van der Waals surface area contributed by atoms with Gasteiger partial charge >= 0.3 is 5.69 Å². The summed E-state index contributed by atoms with van der Waals surface area (Å²) >= 11 is 0. The summed E-state index contributed by atoms with van der Waals surface area (Å²) in [6, 6.07) is 17.5. The van der Waals surface area contributed by atoms with E-state index in [1.807, 2.05) is 61.5 Å². The average molecular weight is 251 g/mol. The van der Waals surface area contributed by atoms with Crippen LogP contribution < -0.4 is 5.69 Å². The van der Waals surface area contributed by atoms with Crippen molar-refractivity contribution < 1.29 is 0 Å². The molecule has 0 atom stereocenters. The van der Waals surface area contributed by atoms with Crippen molar-refractivity contribution in [2.75, 3.05) is 0 Å². The summed E-state index contributed by atoms with van der Waals surface area (Å²) in [5.41, 5.74) is 2.57. The SMILES string of the molecule is Cc1ccccc1-n1[nH]c(=O)nc1-c1ccccc1. The Balaban J connectivity index is 2.24. The van der Waals surface area contributed by atoms with E-state index in [1.165, 1.54) is 0 Å². The zero-order chi connectivity index (χ0) is 13.2. The summed E-state index contributed by atoms with van der Waals surface area (Å²) in [5.74, 6) is 0.625. The van der Waals surface area contributed by atoms with Gasteiger partial charge < -0.3 is 0 Å². The molecule has 2 aromatic carbocycles. The van der Waals surface area contributed by atoms with Crippen LogP contribution in [0.4, 0.5) is 0 Å². The first kappa shape index (κ1) is 11.5. The second-order valence-electron chi connectivity index (χ2n) is 4.34. The monoisotopic (exact) mass is 251 g/mol. The van der Waals surface area contributed by atoms with E-state index >= 15 is 0 Å². The van der Waals surface area contributed by atoms with Crippen molar-refractivity contribution in [3.05, 3.63) is 70.6 Å². The van der Waals surface area contributed by atoms with Crippen LogP contribution in [0.3, 0.4) is 0 Å². The van der Waals surface area contributed by atoms with Crippen molar-refractivity contribution >= 4 is 0 Å². The van der Waals surface area contributed by atoms with Crippen LogP contribution in [0.15, 0.2) is 59.4 Å². The lowest BCUT2D eigenvalue weighted by Gasteiger charge is -2.09. The first-order valence-corrected chi connectivity index (χ1v) is 6.06. The Labute approximate surface area is 110 Å². The number of nitrogens with one attached hydrogen (secondary N) is 1. The molecule has 0 fully saturated rings. The van der Waals surface area contributed by atoms with E-state index in [9.17, 15) is 4.79 Å². The minimum absolute atomic E-state index is 0.345. The molecule has 0 saturated heterocycles. The first-order valence-electron chi connectivity index (χ1n) is 6.06. The van der Waals surface area contributed by atoms with Crippen LogP contribution in [0.1, 0.15) is 5.56 Å². The lowest BCUT2D eigenvalue weighted by molar-refractivity contribution is 0.864. The van der Waals surface area contributed by atoms with Gasteiger partial charge in [-0.25, -0.2) is 14.6 Å². The molecule has 0 aliphatic heterocycles. The Hall–Kier alpha value is -2.62. The molecule has 94 valence electrons. The van der Waals surface area contributed by atoms with E-state index in [0.29, 0.717) is 5.82 Å². The Morgan fingerprint density at radius 1 is 1.00 bits per heavy atom. The van der Waals surface area contributed by atoms with Crippen molar-refractivity contribution in [1.29, 1.82) is 0 Å². The van der Waals surface area contributed by atoms with Gasteiger partial charge in [-0.1, -0.05) is 48.5 Å². The van der Waals surface area contributed by atoms with Crippen molar-refractivity contribution in [2.24, 2.45) is 0 Å². The standard InChI is InChI=1S/C15H13N3O/c1-11-7-5-6-10-13(11)18-14(16-15(19)17-18)12-8-3-2-4-9-12/h2-10H,1H3,(H,17,19). The van der Waals surface area contributed by atoms with E-state index in [0.717, 1.165) is 16.8 Å². The maximum absolute atomic E-state index is 11.6. The number of rotatable bonds is 2. The highest BCUT2D eigenvalue weighted by atomic mass is 16.1. The van der Waals surface area contributed by atoms with Crippen molar-refractivity contribution in [2.45, 2.75) is 6.92 Å². The number of aromatic nitrogens is 3.